The number of rotatable bonds is 16. The van der Waals surface area contributed by atoms with Gasteiger partial charge in [0.25, 0.3) is 0 Å². The molecule has 0 spiro atoms. The second-order valence-corrected chi connectivity index (χ2v) is 12.2. The van der Waals surface area contributed by atoms with E-state index in [-0.39, 0.29) is 33.0 Å². The molecule has 0 atom stereocenters. The fourth-order valence-electron chi connectivity index (χ4n) is 3.42. The van der Waals surface area contributed by atoms with Gasteiger partial charge in [-0.25, -0.2) is 0 Å². The molecule has 0 aliphatic carbocycles. The van der Waals surface area contributed by atoms with Gasteiger partial charge in [0.05, 0.1) is 39.2 Å². The Morgan fingerprint density at radius 1 is 0.848 bits per heavy atom. The summed E-state index contributed by atoms with van der Waals surface area (Å²) >= 11 is 0. The van der Waals surface area contributed by atoms with Crippen LogP contribution in [0.3, 0.4) is 0 Å². The molecule has 186 valence electrons. The van der Waals surface area contributed by atoms with Crippen LogP contribution in [-0.4, -0.2) is 46.8 Å². The molecule has 0 aliphatic rings. The van der Waals surface area contributed by atoms with Crippen molar-refractivity contribution in [1.82, 2.24) is 15.0 Å². The summed E-state index contributed by atoms with van der Waals surface area (Å²) in [4.78, 5) is 0. The second kappa shape index (κ2) is 13.5. The zero-order valence-electron chi connectivity index (χ0n) is 20.3. The van der Waals surface area contributed by atoms with Gasteiger partial charge in [-0.15, -0.1) is 5.10 Å². The van der Waals surface area contributed by atoms with Crippen LogP contribution in [0.2, 0.25) is 0 Å². The molecule has 2 rings (SSSR count). The van der Waals surface area contributed by atoms with E-state index in [0.717, 1.165) is 24.8 Å². The maximum absolute atomic E-state index is 13.7. The van der Waals surface area contributed by atoms with E-state index in [2.05, 4.69) is 29.4 Å². The minimum absolute atomic E-state index is 0.0594. The molecule has 0 radical (unpaired) electrons. The predicted octanol–water partition coefficient (Wildman–Crippen LogP) is 6.15. The van der Waals surface area contributed by atoms with Crippen LogP contribution in [0.4, 0.5) is 0 Å². The lowest BCUT2D eigenvalue weighted by Gasteiger charge is -2.31. The minimum atomic E-state index is -3.86. The summed E-state index contributed by atoms with van der Waals surface area (Å²) in [6.07, 6.45) is 5.06. The van der Waals surface area contributed by atoms with Crippen molar-refractivity contribution in [2.45, 2.75) is 65.8 Å². The first kappa shape index (κ1) is 27.9. The molecular formula is C22H37N3O6P2. The van der Waals surface area contributed by atoms with E-state index in [1.807, 2.05) is 12.1 Å². The number of hydrogen-bond acceptors (Lipinski definition) is 8. The van der Waals surface area contributed by atoms with E-state index in [1.54, 1.807) is 33.9 Å². The van der Waals surface area contributed by atoms with Gasteiger partial charge in [0.1, 0.15) is 5.69 Å². The number of hydrogen-bond donors (Lipinski definition) is 0. The molecule has 33 heavy (non-hydrogen) atoms. The van der Waals surface area contributed by atoms with Gasteiger partial charge in [-0.05, 0) is 46.1 Å². The van der Waals surface area contributed by atoms with Crippen molar-refractivity contribution in [2.24, 2.45) is 0 Å². The van der Waals surface area contributed by atoms with Crippen LogP contribution < -0.4 is 0 Å². The van der Waals surface area contributed by atoms with Gasteiger partial charge in [0, 0.05) is 5.56 Å². The predicted molar refractivity (Wildman–Crippen MR) is 130 cm³/mol. The lowest BCUT2D eigenvalue weighted by Crippen LogP contribution is -2.23. The Bertz CT molecular complexity index is 884. The lowest BCUT2D eigenvalue weighted by atomic mass is 10.1. The van der Waals surface area contributed by atoms with Crippen LogP contribution in [0.1, 0.15) is 53.0 Å². The summed E-state index contributed by atoms with van der Waals surface area (Å²) < 4.78 is 50.9. The number of aromatic nitrogens is 3. The van der Waals surface area contributed by atoms with Crippen molar-refractivity contribution in [2.75, 3.05) is 26.4 Å². The standard InChI is InChI=1S/C22H37N3O6P2/c1-6-11-12-19-13-15-20(16-14-19)21-17-25(24-23-21)18-22(32(26,28-7-2)29-8-3)33(27,30-9-4)31-10-5/h13-17,22H,6-12,18H2,1-5H3. The number of unbranched alkanes of at least 4 members (excludes halogenated alkanes) is 1. The minimum Gasteiger partial charge on any atom is -0.308 e. The molecule has 2 aromatic rings. The van der Waals surface area contributed by atoms with Crippen LogP contribution in [0.5, 0.6) is 0 Å². The second-order valence-electron chi connectivity index (χ2n) is 7.36. The Kier molecular flexibility index (Phi) is 11.4. The van der Waals surface area contributed by atoms with Crippen molar-refractivity contribution in [3.05, 3.63) is 36.0 Å². The zero-order chi connectivity index (χ0) is 24.3. The van der Waals surface area contributed by atoms with E-state index in [0.29, 0.717) is 5.69 Å². The Morgan fingerprint density at radius 3 is 1.82 bits per heavy atom. The first-order valence-corrected chi connectivity index (χ1v) is 14.8. The third-order valence-electron chi connectivity index (χ3n) is 4.92. The van der Waals surface area contributed by atoms with Crippen molar-refractivity contribution >= 4 is 15.2 Å². The molecule has 0 saturated carbocycles. The highest BCUT2D eigenvalue weighted by Gasteiger charge is 2.51. The average Bonchev–Trinajstić information content (AvgIpc) is 3.26. The molecule has 0 amide bonds. The fraction of sp³-hybridized carbons (Fsp3) is 0.636. The number of nitrogens with zero attached hydrogens (tertiary/aromatic N) is 3. The molecule has 11 heteroatoms. The topological polar surface area (TPSA) is 102 Å². The lowest BCUT2D eigenvalue weighted by molar-refractivity contribution is 0.191. The molecular weight excluding hydrogens is 464 g/mol. The first-order chi connectivity index (χ1) is 15.9. The first-order valence-electron chi connectivity index (χ1n) is 11.6. The quantitative estimate of drug-likeness (QED) is 0.253. The number of aryl methyl sites for hydroxylation is 1. The molecule has 1 aromatic carbocycles. The Hall–Kier alpha value is -1.34. The Morgan fingerprint density at radius 2 is 1.36 bits per heavy atom. The molecule has 0 unspecified atom stereocenters. The molecule has 0 bridgehead atoms. The van der Waals surface area contributed by atoms with Crippen molar-refractivity contribution in [3.8, 4) is 11.3 Å². The summed E-state index contributed by atoms with van der Waals surface area (Å²) in [6.45, 7) is 9.41. The largest absolute Gasteiger partial charge is 0.347 e. The summed E-state index contributed by atoms with van der Waals surface area (Å²) in [7, 11) is -7.72. The van der Waals surface area contributed by atoms with Crippen LogP contribution >= 0.6 is 15.2 Å². The van der Waals surface area contributed by atoms with E-state index < -0.39 is 20.6 Å². The average molecular weight is 502 g/mol. The van der Waals surface area contributed by atoms with Crippen LogP contribution in [0.15, 0.2) is 30.5 Å². The van der Waals surface area contributed by atoms with Crippen LogP contribution in [0, 0.1) is 0 Å². The summed E-state index contributed by atoms with van der Waals surface area (Å²) in [5.74, 6) is 0. The monoisotopic (exact) mass is 501 g/mol. The maximum atomic E-state index is 13.7. The maximum Gasteiger partial charge on any atom is 0.347 e. The molecule has 0 fully saturated rings. The molecule has 1 aromatic heterocycles. The Balaban J connectivity index is 2.35. The van der Waals surface area contributed by atoms with Gasteiger partial charge < -0.3 is 18.1 Å². The SMILES string of the molecule is CCCCc1ccc(-c2cn(CC(P(=O)(OCC)OCC)P(=O)(OCC)OCC)nn2)cc1. The van der Waals surface area contributed by atoms with E-state index >= 15 is 0 Å². The summed E-state index contributed by atoms with van der Waals surface area (Å²) in [5, 5.41) is 7.24. The van der Waals surface area contributed by atoms with E-state index in [1.165, 1.54) is 10.2 Å². The Labute approximate surface area is 197 Å². The fourth-order valence-corrected chi connectivity index (χ4v) is 8.62. The molecule has 9 nitrogen and oxygen atoms in total. The van der Waals surface area contributed by atoms with Crippen LogP contribution in [-0.2, 0) is 40.2 Å². The van der Waals surface area contributed by atoms with Crippen molar-refractivity contribution in [3.63, 3.8) is 0 Å². The highest BCUT2D eigenvalue weighted by atomic mass is 31.2. The van der Waals surface area contributed by atoms with Gasteiger partial charge in [0.15, 0.2) is 5.40 Å². The molecule has 0 saturated heterocycles. The van der Waals surface area contributed by atoms with Crippen LogP contribution in [0.25, 0.3) is 11.3 Å². The summed E-state index contributed by atoms with van der Waals surface area (Å²) in [5.41, 5.74) is 2.84. The van der Waals surface area contributed by atoms with E-state index in [9.17, 15) is 9.13 Å². The van der Waals surface area contributed by atoms with Gasteiger partial charge in [0.2, 0.25) is 0 Å². The molecule has 1 heterocycles. The van der Waals surface area contributed by atoms with Gasteiger partial charge in [-0.1, -0.05) is 42.8 Å². The molecule has 0 N–H and O–H groups in total. The van der Waals surface area contributed by atoms with Gasteiger partial charge in [-0.3, -0.25) is 13.8 Å². The van der Waals surface area contributed by atoms with Crippen molar-refractivity contribution < 1.29 is 27.2 Å². The normalized spacial score (nSPS) is 12.5. The third kappa shape index (κ3) is 7.57. The van der Waals surface area contributed by atoms with E-state index in [4.69, 9.17) is 18.1 Å². The number of benzene rings is 1. The van der Waals surface area contributed by atoms with Crippen molar-refractivity contribution in [1.29, 1.82) is 0 Å². The highest BCUT2D eigenvalue weighted by Crippen LogP contribution is 2.70. The highest BCUT2D eigenvalue weighted by molar-refractivity contribution is 7.72. The zero-order valence-corrected chi connectivity index (χ0v) is 22.1. The smallest absolute Gasteiger partial charge is 0.308 e. The van der Waals surface area contributed by atoms with Gasteiger partial charge >= 0.3 is 15.2 Å². The summed E-state index contributed by atoms with van der Waals surface area (Å²) in [6, 6.07) is 8.19. The third-order valence-corrected chi connectivity index (χ3v) is 10.9. The molecule has 0 aliphatic heterocycles. The van der Waals surface area contributed by atoms with Gasteiger partial charge in [-0.2, -0.15) is 0 Å².